The topological polar surface area (TPSA) is 58.6 Å². The van der Waals surface area contributed by atoms with Crippen molar-refractivity contribution in [2.45, 2.75) is 19.8 Å². The number of nitrogens with zero attached hydrogens (tertiary/aromatic N) is 1. The van der Waals surface area contributed by atoms with Gasteiger partial charge < -0.3 is 9.64 Å². The summed E-state index contributed by atoms with van der Waals surface area (Å²) in [6, 6.07) is 3.60. The Morgan fingerprint density at radius 3 is 3.11 bits per heavy atom. The zero-order valence-electron chi connectivity index (χ0n) is 10.9. The Balaban J connectivity index is 1.89. The second-order valence-electron chi connectivity index (χ2n) is 4.44. The van der Waals surface area contributed by atoms with Crippen LogP contribution in [-0.2, 0) is 9.53 Å². The Morgan fingerprint density at radius 1 is 1.58 bits per heavy atom. The summed E-state index contributed by atoms with van der Waals surface area (Å²) in [5.41, 5.74) is 0. The molecule has 0 saturated carbocycles. The molecular weight excluding hydrogens is 264 g/mol. The molecule has 104 valence electrons. The fourth-order valence-corrected chi connectivity index (χ4v) is 2.76. The number of piperidine rings is 1. The summed E-state index contributed by atoms with van der Waals surface area (Å²) in [4.78, 5) is 25.5. The van der Waals surface area contributed by atoms with E-state index in [1.165, 1.54) is 11.3 Å². The van der Waals surface area contributed by atoms with Gasteiger partial charge in [-0.2, -0.15) is 0 Å². The monoisotopic (exact) mass is 282 g/mol. The van der Waals surface area contributed by atoms with Crippen LogP contribution in [0.5, 0.6) is 0 Å². The SMILES string of the molecule is CCOC(=O)[C@H]1CCCN(C(=O)Nc2cccs2)C1. The highest BCUT2D eigenvalue weighted by Crippen LogP contribution is 2.20. The first-order chi connectivity index (χ1) is 9.20. The van der Waals surface area contributed by atoms with E-state index >= 15 is 0 Å². The first kappa shape index (κ1) is 13.9. The molecule has 0 unspecified atom stereocenters. The Bertz CT molecular complexity index is 433. The van der Waals surface area contributed by atoms with Crippen molar-refractivity contribution in [3.05, 3.63) is 17.5 Å². The van der Waals surface area contributed by atoms with E-state index in [1.807, 2.05) is 17.5 Å². The number of urea groups is 1. The van der Waals surface area contributed by atoms with Gasteiger partial charge >= 0.3 is 12.0 Å². The molecule has 0 radical (unpaired) electrons. The molecule has 1 N–H and O–H groups in total. The van der Waals surface area contributed by atoms with Crippen LogP contribution in [0.1, 0.15) is 19.8 Å². The molecule has 2 amide bonds. The van der Waals surface area contributed by atoms with Gasteiger partial charge in [-0.05, 0) is 37.3 Å². The largest absolute Gasteiger partial charge is 0.466 e. The summed E-state index contributed by atoms with van der Waals surface area (Å²) in [6.07, 6.45) is 1.63. The van der Waals surface area contributed by atoms with Crippen LogP contribution in [0.25, 0.3) is 0 Å². The molecule has 2 heterocycles. The molecule has 19 heavy (non-hydrogen) atoms. The first-order valence-corrected chi connectivity index (χ1v) is 7.34. The number of rotatable bonds is 3. The van der Waals surface area contributed by atoms with E-state index in [2.05, 4.69) is 5.32 Å². The number of nitrogens with one attached hydrogen (secondary N) is 1. The molecule has 1 aromatic heterocycles. The second kappa shape index (κ2) is 6.56. The van der Waals surface area contributed by atoms with Gasteiger partial charge in [-0.3, -0.25) is 10.1 Å². The van der Waals surface area contributed by atoms with Crippen LogP contribution < -0.4 is 5.32 Å². The number of ether oxygens (including phenoxy) is 1. The molecule has 2 rings (SSSR count). The highest BCUT2D eigenvalue weighted by Gasteiger charge is 2.29. The number of hydrogen-bond donors (Lipinski definition) is 1. The van der Waals surface area contributed by atoms with Gasteiger partial charge in [0.1, 0.15) is 0 Å². The lowest BCUT2D eigenvalue weighted by molar-refractivity contribution is -0.149. The molecule has 1 aliphatic heterocycles. The normalized spacial score (nSPS) is 19.0. The molecular formula is C13H18N2O3S. The predicted octanol–water partition coefficient (Wildman–Crippen LogP) is 2.56. The van der Waals surface area contributed by atoms with E-state index in [9.17, 15) is 9.59 Å². The third kappa shape index (κ3) is 3.70. The van der Waals surface area contributed by atoms with Crippen molar-refractivity contribution >= 4 is 28.3 Å². The number of thiophene rings is 1. The number of esters is 1. The smallest absolute Gasteiger partial charge is 0.322 e. The predicted molar refractivity (Wildman–Crippen MR) is 74.3 cm³/mol. The van der Waals surface area contributed by atoms with Gasteiger partial charge in [-0.25, -0.2) is 4.79 Å². The Morgan fingerprint density at radius 2 is 2.42 bits per heavy atom. The Kier molecular flexibility index (Phi) is 4.79. The summed E-state index contributed by atoms with van der Waals surface area (Å²) in [6.45, 7) is 3.31. The van der Waals surface area contributed by atoms with Crippen molar-refractivity contribution in [1.82, 2.24) is 4.90 Å². The van der Waals surface area contributed by atoms with Crippen molar-refractivity contribution in [1.29, 1.82) is 0 Å². The summed E-state index contributed by atoms with van der Waals surface area (Å²) >= 11 is 1.48. The summed E-state index contributed by atoms with van der Waals surface area (Å²) in [5, 5.41) is 5.57. The second-order valence-corrected chi connectivity index (χ2v) is 5.39. The molecule has 1 aliphatic rings. The third-order valence-corrected chi connectivity index (χ3v) is 3.87. The van der Waals surface area contributed by atoms with E-state index in [0.717, 1.165) is 17.8 Å². The number of amides is 2. The standard InChI is InChI=1S/C13H18N2O3S/c1-2-18-12(16)10-5-3-7-15(9-10)13(17)14-11-6-4-8-19-11/h4,6,8,10H,2-3,5,7,9H2,1H3,(H,14,17)/t10-/m0/s1. The van der Waals surface area contributed by atoms with Crippen molar-refractivity contribution in [2.75, 3.05) is 25.0 Å². The quantitative estimate of drug-likeness (QED) is 0.867. The minimum absolute atomic E-state index is 0.142. The summed E-state index contributed by atoms with van der Waals surface area (Å²) < 4.78 is 5.02. The van der Waals surface area contributed by atoms with Crippen LogP contribution in [0.15, 0.2) is 17.5 Å². The Hall–Kier alpha value is -1.56. The first-order valence-electron chi connectivity index (χ1n) is 6.46. The Labute approximate surface area is 116 Å². The number of anilines is 1. The lowest BCUT2D eigenvalue weighted by Gasteiger charge is -2.31. The zero-order chi connectivity index (χ0) is 13.7. The molecule has 0 bridgehead atoms. The number of carbonyl (C=O) groups is 2. The van der Waals surface area contributed by atoms with E-state index < -0.39 is 0 Å². The minimum atomic E-state index is -0.198. The van der Waals surface area contributed by atoms with Gasteiger partial charge in [0.15, 0.2) is 0 Å². The van der Waals surface area contributed by atoms with Crippen molar-refractivity contribution in [3.8, 4) is 0 Å². The highest BCUT2D eigenvalue weighted by atomic mass is 32.1. The fourth-order valence-electron chi connectivity index (χ4n) is 2.15. The van der Waals surface area contributed by atoms with Gasteiger partial charge in [0.2, 0.25) is 0 Å². The van der Waals surface area contributed by atoms with Gasteiger partial charge in [0.25, 0.3) is 0 Å². The molecule has 1 aromatic rings. The van der Waals surface area contributed by atoms with Gasteiger partial charge in [0, 0.05) is 13.1 Å². The molecule has 1 fully saturated rings. The summed E-state index contributed by atoms with van der Waals surface area (Å²) in [7, 11) is 0. The highest BCUT2D eigenvalue weighted by molar-refractivity contribution is 7.14. The van der Waals surface area contributed by atoms with Gasteiger partial charge in [-0.15, -0.1) is 11.3 Å². The van der Waals surface area contributed by atoms with E-state index in [4.69, 9.17) is 4.74 Å². The van der Waals surface area contributed by atoms with Crippen molar-refractivity contribution in [3.63, 3.8) is 0 Å². The lowest BCUT2D eigenvalue weighted by atomic mass is 9.98. The molecule has 0 aliphatic carbocycles. The maximum atomic E-state index is 12.1. The van der Waals surface area contributed by atoms with E-state index in [-0.39, 0.29) is 17.9 Å². The maximum absolute atomic E-state index is 12.1. The number of likely N-dealkylation sites (tertiary alicyclic amines) is 1. The molecule has 1 saturated heterocycles. The van der Waals surface area contributed by atoms with Crippen molar-refractivity contribution in [2.24, 2.45) is 5.92 Å². The van der Waals surface area contributed by atoms with Crippen LogP contribution in [-0.4, -0.2) is 36.6 Å². The maximum Gasteiger partial charge on any atom is 0.322 e. The third-order valence-electron chi connectivity index (χ3n) is 3.08. The molecule has 0 aromatic carbocycles. The fraction of sp³-hybridized carbons (Fsp3) is 0.538. The average Bonchev–Trinajstić information content (AvgIpc) is 2.92. The van der Waals surface area contributed by atoms with E-state index in [1.54, 1.807) is 11.8 Å². The van der Waals surface area contributed by atoms with Crippen molar-refractivity contribution < 1.29 is 14.3 Å². The van der Waals surface area contributed by atoms with Crippen LogP contribution in [0.2, 0.25) is 0 Å². The lowest BCUT2D eigenvalue weighted by Crippen LogP contribution is -2.44. The summed E-state index contributed by atoms with van der Waals surface area (Å²) in [5.74, 6) is -0.390. The van der Waals surface area contributed by atoms with Crippen LogP contribution in [0.4, 0.5) is 9.80 Å². The average molecular weight is 282 g/mol. The van der Waals surface area contributed by atoms with Gasteiger partial charge in [-0.1, -0.05) is 0 Å². The number of hydrogen-bond acceptors (Lipinski definition) is 4. The minimum Gasteiger partial charge on any atom is -0.466 e. The van der Waals surface area contributed by atoms with Crippen LogP contribution in [0.3, 0.4) is 0 Å². The molecule has 0 spiro atoms. The van der Waals surface area contributed by atoms with Gasteiger partial charge in [0.05, 0.1) is 17.5 Å². The molecule has 6 heteroatoms. The molecule has 1 atom stereocenters. The van der Waals surface area contributed by atoms with E-state index in [0.29, 0.717) is 19.7 Å². The van der Waals surface area contributed by atoms with Crippen LogP contribution in [0, 0.1) is 5.92 Å². The van der Waals surface area contributed by atoms with Crippen LogP contribution >= 0.6 is 11.3 Å². The zero-order valence-corrected chi connectivity index (χ0v) is 11.7. The number of carbonyl (C=O) groups excluding carboxylic acids is 2. The molecule has 5 nitrogen and oxygen atoms in total.